The van der Waals surface area contributed by atoms with Crippen molar-refractivity contribution in [2.75, 3.05) is 0 Å². The molecule has 13 heavy (non-hydrogen) atoms. The van der Waals surface area contributed by atoms with E-state index in [2.05, 4.69) is 4.98 Å². The molecule has 0 N–H and O–H groups in total. The summed E-state index contributed by atoms with van der Waals surface area (Å²) in [6.45, 7) is 3.77. The number of hydrogen-bond acceptors (Lipinski definition) is 2. The molecule has 0 radical (unpaired) electrons. The van der Waals surface area contributed by atoms with Crippen molar-refractivity contribution in [1.82, 2.24) is 14.0 Å². The Morgan fingerprint density at radius 3 is 2.69 bits per heavy atom. The van der Waals surface area contributed by atoms with E-state index < -0.39 is 0 Å². The monoisotopic (exact) mass is 177 g/mol. The number of nitrogens with zero attached hydrogens (tertiary/aromatic N) is 3. The van der Waals surface area contributed by atoms with E-state index in [1.807, 2.05) is 19.9 Å². The molecule has 4 nitrogen and oxygen atoms in total. The molecule has 0 aliphatic heterocycles. The van der Waals surface area contributed by atoms with Gasteiger partial charge >= 0.3 is 5.69 Å². The number of aryl methyl sites for hydroxylation is 2. The summed E-state index contributed by atoms with van der Waals surface area (Å²) in [5, 5.41) is 0. The van der Waals surface area contributed by atoms with Crippen molar-refractivity contribution in [2.24, 2.45) is 7.05 Å². The van der Waals surface area contributed by atoms with Crippen molar-refractivity contribution in [2.45, 2.75) is 13.8 Å². The minimum absolute atomic E-state index is 0.0370. The lowest BCUT2D eigenvalue weighted by Crippen LogP contribution is -2.26. The van der Waals surface area contributed by atoms with Crippen LogP contribution in [0.1, 0.15) is 11.4 Å². The van der Waals surface area contributed by atoms with E-state index in [0.717, 1.165) is 17.0 Å². The quantitative estimate of drug-likeness (QED) is 0.592. The summed E-state index contributed by atoms with van der Waals surface area (Å²) < 4.78 is 3.22. The van der Waals surface area contributed by atoms with Gasteiger partial charge in [-0.1, -0.05) is 0 Å². The van der Waals surface area contributed by atoms with E-state index in [-0.39, 0.29) is 5.69 Å². The van der Waals surface area contributed by atoms with E-state index in [4.69, 9.17) is 0 Å². The van der Waals surface area contributed by atoms with Gasteiger partial charge in [-0.25, -0.2) is 14.2 Å². The number of imidazole rings is 1. The van der Waals surface area contributed by atoms with E-state index in [9.17, 15) is 4.79 Å². The second kappa shape index (κ2) is 2.45. The SMILES string of the molecule is Cc1cc2ncc(C)n2c(=O)n1C. The molecule has 2 heterocycles. The Morgan fingerprint density at radius 2 is 2.00 bits per heavy atom. The Morgan fingerprint density at radius 1 is 1.31 bits per heavy atom. The predicted octanol–water partition coefficient (Wildman–Crippen LogP) is 0.650. The second-order valence-electron chi connectivity index (χ2n) is 3.22. The van der Waals surface area contributed by atoms with Gasteiger partial charge in [0.15, 0.2) is 0 Å². The summed E-state index contributed by atoms with van der Waals surface area (Å²) in [7, 11) is 1.76. The van der Waals surface area contributed by atoms with Crippen LogP contribution < -0.4 is 5.69 Å². The van der Waals surface area contributed by atoms with Crippen LogP contribution >= 0.6 is 0 Å². The molecule has 68 valence electrons. The lowest BCUT2D eigenvalue weighted by Gasteiger charge is -2.04. The van der Waals surface area contributed by atoms with Crippen molar-refractivity contribution in [3.63, 3.8) is 0 Å². The van der Waals surface area contributed by atoms with Crippen LogP contribution in [-0.4, -0.2) is 14.0 Å². The molecule has 0 aliphatic rings. The van der Waals surface area contributed by atoms with E-state index in [0.29, 0.717) is 0 Å². The summed E-state index contributed by atoms with van der Waals surface area (Å²) in [4.78, 5) is 15.8. The first-order chi connectivity index (χ1) is 6.11. The Hall–Kier alpha value is -1.58. The maximum Gasteiger partial charge on any atom is 0.334 e. The van der Waals surface area contributed by atoms with Crippen LogP contribution in [0.25, 0.3) is 5.65 Å². The normalized spacial score (nSPS) is 11.0. The molecule has 2 rings (SSSR count). The van der Waals surface area contributed by atoms with Gasteiger partial charge in [-0.05, 0) is 13.8 Å². The Kier molecular flexibility index (Phi) is 1.52. The van der Waals surface area contributed by atoms with Gasteiger partial charge in [-0.3, -0.25) is 0 Å². The van der Waals surface area contributed by atoms with Gasteiger partial charge in [-0.15, -0.1) is 0 Å². The molecular weight excluding hydrogens is 166 g/mol. The van der Waals surface area contributed by atoms with Crippen molar-refractivity contribution in [1.29, 1.82) is 0 Å². The smallest absolute Gasteiger partial charge is 0.301 e. The third-order valence-electron chi connectivity index (χ3n) is 2.31. The molecule has 4 heteroatoms. The second-order valence-corrected chi connectivity index (χ2v) is 3.22. The van der Waals surface area contributed by atoms with E-state index in [1.54, 1.807) is 22.2 Å². The maximum atomic E-state index is 11.7. The average Bonchev–Trinajstić information content (AvgIpc) is 2.43. The molecule has 2 aromatic rings. The standard InChI is InChI=1S/C9H11N3O/c1-6-4-8-10-5-7(2)12(8)9(13)11(6)3/h4-5H,1-3H3. The Balaban J connectivity index is 3.06. The maximum absolute atomic E-state index is 11.7. The molecule has 0 saturated heterocycles. The third kappa shape index (κ3) is 0.983. The Labute approximate surface area is 75.5 Å². The summed E-state index contributed by atoms with van der Waals surface area (Å²) in [6, 6.07) is 1.90. The molecular formula is C9H11N3O. The predicted molar refractivity (Wildman–Crippen MR) is 49.9 cm³/mol. The number of rotatable bonds is 0. The van der Waals surface area contributed by atoms with Gasteiger partial charge in [0.2, 0.25) is 0 Å². The minimum Gasteiger partial charge on any atom is -0.301 e. The highest BCUT2D eigenvalue weighted by molar-refractivity contribution is 5.40. The van der Waals surface area contributed by atoms with Gasteiger partial charge in [0.1, 0.15) is 5.65 Å². The molecule has 2 aromatic heterocycles. The first kappa shape index (κ1) is 8.04. The van der Waals surface area contributed by atoms with Crippen LogP contribution in [0.3, 0.4) is 0 Å². The van der Waals surface area contributed by atoms with E-state index in [1.165, 1.54) is 0 Å². The van der Waals surface area contributed by atoms with Gasteiger partial charge in [0.25, 0.3) is 0 Å². The molecule has 0 aliphatic carbocycles. The fourth-order valence-electron chi connectivity index (χ4n) is 1.39. The first-order valence-electron chi connectivity index (χ1n) is 4.12. The molecule has 0 amide bonds. The summed E-state index contributed by atoms with van der Waals surface area (Å²) in [6.07, 6.45) is 1.70. The van der Waals surface area contributed by atoms with Crippen molar-refractivity contribution in [3.8, 4) is 0 Å². The topological polar surface area (TPSA) is 39.3 Å². The van der Waals surface area contributed by atoms with Gasteiger partial charge in [0.05, 0.1) is 0 Å². The van der Waals surface area contributed by atoms with Crippen LogP contribution in [0.5, 0.6) is 0 Å². The fourth-order valence-corrected chi connectivity index (χ4v) is 1.39. The zero-order valence-electron chi connectivity index (χ0n) is 7.90. The van der Waals surface area contributed by atoms with Crippen LogP contribution in [0.4, 0.5) is 0 Å². The molecule has 0 spiro atoms. The van der Waals surface area contributed by atoms with Crippen LogP contribution in [-0.2, 0) is 7.05 Å². The number of aromatic nitrogens is 3. The lowest BCUT2D eigenvalue weighted by molar-refractivity contribution is 0.751. The van der Waals surface area contributed by atoms with Crippen LogP contribution in [0, 0.1) is 13.8 Å². The van der Waals surface area contributed by atoms with Crippen LogP contribution in [0.15, 0.2) is 17.1 Å². The van der Waals surface area contributed by atoms with Gasteiger partial charge < -0.3 is 4.57 Å². The van der Waals surface area contributed by atoms with Gasteiger partial charge in [0, 0.05) is 30.7 Å². The molecule has 0 fully saturated rings. The first-order valence-corrected chi connectivity index (χ1v) is 4.12. The molecule has 0 saturated carbocycles. The molecule has 0 atom stereocenters. The molecule has 0 aromatic carbocycles. The van der Waals surface area contributed by atoms with Gasteiger partial charge in [-0.2, -0.15) is 0 Å². The van der Waals surface area contributed by atoms with Crippen molar-refractivity contribution >= 4 is 5.65 Å². The third-order valence-corrected chi connectivity index (χ3v) is 2.31. The summed E-state index contributed by atoms with van der Waals surface area (Å²) >= 11 is 0. The van der Waals surface area contributed by atoms with Crippen molar-refractivity contribution < 1.29 is 0 Å². The highest BCUT2D eigenvalue weighted by atomic mass is 16.1. The molecule has 0 unspecified atom stereocenters. The highest BCUT2D eigenvalue weighted by Gasteiger charge is 2.05. The number of hydrogen-bond donors (Lipinski definition) is 0. The summed E-state index contributed by atoms with van der Waals surface area (Å²) in [5.41, 5.74) is 2.47. The number of fused-ring (bicyclic) bond motifs is 1. The zero-order valence-corrected chi connectivity index (χ0v) is 7.90. The fraction of sp³-hybridized carbons (Fsp3) is 0.333. The van der Waals surface area contributed by atoms with E-state index >= 15 is 0 Å². The lowest BCUT2D eigenvalue weighted by atomic mass is 10.4. The zero-order chi connectivity index (χ0) is 9.59. The summed E-state index contributed by atoms with van der Waals surface area (Å²) in [5.74, 6) is 0. The minimum atomic E-state index is -0.0370. The van der Waals surface area contributed by atoms with Crippen molar-refractivity contribution in [3.05, 3.63) is 34.1 Å². The highest BCUT2D eigenvalue weighted by Crippen LogP contribution is 2.03. The molecule has 0 bridgehead atoms. The average molecular weight is 177 g/mol. The van der Waals surface area contributed by atoms with Crippen LogP contribution in [0.2, 0.25) is 0 Å². The Bertz CT molecular complexity index is 521. The largest absolute Gasteiger partial charge is 0.334 e.